The van der Waals surface area contributed by atoms with Gasteiger partial charge in [0, 0.05) is 48.1 Å². The normalized spacial score (nSPS) is 22.6. The molecule has 0 aromatic carbocycles. The summed E-state index contributed by atoms with van der Waals surface area (Å²) in [4.78, 5) is 25.2. The van der Waals surface area contributed by atoms with Crippen LogP contribution in [0.4, 0.5) is 15.9 Å². The van der Waals surface area contributed by atoms with E-state index < -0.39 is 6.67 Å². The number of anilines is 2. The van der Waals surface area contributed by atoms with Gasteiger partial charge in [0.15, 0.2) is 0 Å². The molecule has 0 spiro atoms. The summed E-state index contributed by atoms with van der Waals surface area (Å²) in [6.07, 6.45) is 0.600. The van der Waals surface area contributed by atoms with Gasteiger partial charge in [-0.1, -0.05) is 0 Å². The van der Waals surface area contributed by atoms with E-state index in [0.717, 1.165) is 27.3 Å². The lowest BCUT2D eigenvalue weighted by atomic mass is 10.1. The largest absolute Gasteiger partial charge is 0.475 e. The second kappa shape index (κ2) is 8.18. The van der Waals surface area contributed by atoms with E-state index in [2.05, 4.69) is 15.3 Å². The highest BCUT2D eigenvalue weighted by Crippen LogP contribution is 2.33. The first kappa shape index (κ1) is 20.9. The van der Waals surface area contributed by atoms with Crippen LogP contribution in [0.5, 0.6) is 5.88 Å². The number of carbonyl (C=O) groups excluding carboxylic acids is 1. The van der Waals surface area contributed by atoms with Crippen LogP contribution in [-0.4, -0.2) is 54.3 Å². The Labute approximate surface area is 188 Å². The molecule has 5 rings (SSSR count). The molecule has 0 unspecified atom stereocenters. The molecule has 8 nitrogen and oxygen atoms in total. The van der Waals surface area contributed by atoms with Crippen molar-refractivity contribution in [3.05, 3.63) is 40.4 Å². The zero-order valence-corrected chi connectivity index (χ0v) is 18.5. The maximum Gasteiger partial charge on any atom is 0.263 e. The average Bonchev–Trinajstić information content (AvgIpc) is 3.32. The lowest BCUT2D eigenvalue weighted by Gasteiger charge is -2.27. The lowest BCUT2D eigenvalue weighted by molar-refractivity contribution is 0.0918. The number of carbonyl (C=O) groups is 1. The van der Waals surface area contributed by atoms with Crippen molar-refractivity contribution in [3.63, 3.8) is 0 Å². The fourth-order valence-corrected chi connectivity index (χ4v) is 5.31. The number of hydrogen-bond donors (Lipinski definition) is 3. The Morgan fingerprint density at radius 1 is 1.31 bits per heavy atom. The van der Waals surface area contributed by atoms with E-state index in [4.69, 9.17) is 16.2 Å². The summed E-state index contributed by atoms with van der Waals surface area (Å²) in [5.41, 5.74) is 14.5. The summed E-state index contributed by atoms with van der Waals surface area (Å²) in [5.74, 6) is 0.881. The van der Waals surface area contributed by atoms with Gasteiger partial charge in [0.1, 0.15) is 22.1 Å². The van der Waals surface area contributed by atoms with E-state index in [1.165, 1.54) is 11.3 Å². The standard InChI is InChI=1S/C22H25FN6O2S/c1-11-2-4-15-18(25)19(32-22(15)26-11)20(30)27-14-6-12-3-5-17(28-21(12)31-10-14)29-8-13(7-23)16(24)9-29/h2-5,13-14,16H,6-10,24-25H2,1H3,(H,27,30)/t13-,14-,16+/m1/s1. The van der Waals surface area contributed by atoms with Crippen molar-refractivity contribution in [2.75, 3.05) is 37.0 Å². The predicted octanol–water partition coefficient (Wildman–Crippen LogP) is 2.05. The van der Waals surface area contributed by atoms with E-state index >= 15 is 0 Å². The summed E-state index contributed by atoms with van der Waals surface area (Å²) in [6.45, 7) is 2.91. The Balaban J connectivity index is 1.28. The zero-order chi connectivity index (χ0) is 22.4. The number of amides is 1. The van der Waals surface area contributed by atoms with Crippen LogP contribution < -0.4 is 26.4 Å². The van der Waals surface area contributed by atoms with Crippen LogP contribution in [0.3, 0.4) is 0 Å². The van der Waals surface area contributed by atoms with Crippen LogP contribution in [0.25, 0.3) is 10.2 Å². The third-order valence-electron chi connectivity index (χ3n) is 6.10. The fraction of sp³-hybridized carbons (Fsp3) is 0.409. The van der Waals surface area contributed by atoms with Gasteiger partial charge in [-0.3, -0.25) is 9.18 Å². The Morgan fingerprint density at radius 2 is 2.16 bits per heavy atom. The van der Waals surface area contributed by atoms with Gasteiger partial charge in [-0.25, -0.2) is 4.98 Å². The summed E-state index contributed by atoms with van der Waals surface area (Å²) in [7, 11) is 0. The smallest absolute Gasteiger partial charge is 0.263 e. The van der Waals surface area contributed by atoms with Gasteiger partial charge < -0.3 is 26.4 Å². The Morgan fingerprint density at radius 3 is 2.94 bits per heavy atom. The maximum atomic E-state index is 13.1. The molecule has 0 saturated carbocycles. The van der Waals surface area contributed by atoms with Crippen LogP contribution in [0.1, 0.15) is 20.9 Å². The Bertz CT molecular complexity index is 1180. The first-order chi connectivity index (χ1) is 15.4. The molecular weight excluding hydrogens is 431 g/mol. The molecule has 3 aromatic rings. The van der Waals surface area contributed by atoms with Crippen molar-refractivity contribution in [1.29, 1.82) is 0 Å². The quantitative estimate of drug-likeness (QED) is 0.550. The number of halogens is 1. The molecule has 10 heteroatoms. The Hall–Kier alpha value is -2.98. The summed E-state index contributed by atoms with van der Waals surface area (Å²) < 4.78 is 18.9. The summed E-state index contributed by atoms with van der Waals surface area (Å²) in [5, 5.41) is 3.82. The molecule has 1 fully saturated rings. The number of thiophene rings is 1. The van der Waals surface area contributed by atoms with Gasteiger partial charge >= 0.3 is 0 Å². The van der Waals surface area contributed by atoms with Crippen molar-refractivity contribution in [1.82, 2.24) is 15.3 Å². The molecule has 0 radical (unpaired) electrons. The molecule has 32 heavy (non-hydrogen) atoms. The number of aromatic nitrogens is 2. The lowest BCUT2D eigenvalue weighted by Crippen LogP contribution is -2.43. The number of nitrogens with one attached hydrogen (secondary N) is 1. The molecule has 3 atom stereocenters. The zero-order valence-electron chi connectivity index (χ0n) is 17.7. The number of rotatable bonds is 4. The van der Waals surface area contributed by atoms with Gasteiger partial charge in [0.2, 0.25) is 5.88 Å². The van der Waals surface area contributed by atoms with Crippen LogP contribution in [0.2, 0.25) is 0 Å². The second-order valence-corrected chi connectivity index (χ2v) is 9.45. The van der Waals surface area contributed by atoms with Crippen molar-refractivity contribution < 1.29 is 13.9 Å². The summed E-state index contributed by atoms with van der Waals surface area (Å²) >= 11 is 1.29. The second-order valence-electron chi connectivity index (χ2n) is 8.45. The minimum absolute atomic E-state index is 0.172. The number of aryl methyl sites for hydroxylation is 1. The van der Waals surface area contributed by atoms with Gasteiger partial charge in [-0.15, -0.1) is 11.3 Å². The van der Waals surface area contributed by atoms with Crippen molar-refractivity contribution >= 4 is 39.0 Å². The third-order valence-corrected chi connectivity index (χ3v) is 7.21. The van der Waals surface area contributed by atoms with Gasteiger partial charge in [0.05, 0.1) is 18.4 Å². The predicted molar refractivity (Wildman–Crippen MR) is 123 cm³/mol. The minimum Gasteiger partial charge on any atom is -0.475 e. The molecule has 168 valence electrons. The molecule has 2 aliphatic heterocycles. The number of pyridine rings is 2. The summed E-state index contributed by atoms with van der Waals surface area (Å²) in [6, 6.07) is 7.24. The van der Waals surface area contributed by atoms with E-state index in [1.54, 1.807) is 0 Å². The van der Waals surface area contributed by atoms with E-state index in [1.807, 2.05) is 36.1 Å². The molecule has 0 aliphatic carbocycles. The van der Waals surface area contributed by atoms with Crippen LogP contribution in [0.15, 0.2) is 24.3 Å². The molecule has 2 aliphatic rings. The van der Waals surface area contributed by atoms with Crippen molar-refractivity contribution in [2.45, 2.75) is 25.4 Å². The molecule has 1 saturated heterocycles. The van der Waals surface area contributed by atoms with Gasteiger partial charge in [0.25, 0.3) is 5.91 Å². The first-order valence-electron chi connectivity index (χ1n) is 10.6. The van der Waals surface area contributed by atoms with Crippen LogP contribution in [-0.2, 0) is 6.42 Å². The minimum atomic E-state index is -0.430. The van der Waals surface area contributed by atoms with E-state index in [-0.39, 0.29) is 23.9 Å². The molecular formula is C22H25FN6O2S. The highest BCUT2D eigenvalue weighted by molar-refractivity contribution is 7.21. The highest BCUT2D eigenvalue weighted by atomic mass is 32.1. The number of fused-ring (bicyclic) bond motifs is 2. The van der Waals surface area contributed by atoms with Gasteiger partial charge in [-0.2, -0.15) is 4.98 Å². The Kier molecular flexibility index (Phi) is 5.34. The average molecular weight is 457 g/mol. The maximum absolute atomic E-state index is 13.1. The number of alkyl halides is 1. The SMILES string of the molecule is Cc1ccc2c(N)c(C(=O)N[C@H]3COc4nc(N5C[C@@H](CF)[C@@H](N)C5)ccc4C3)sc2n1. The topological polar surface area (TPSA) is 119 Å². The highest BCUT2D eigenvalue weighted by Gasteiger charge is 2.32. The van der Waals surface area contributed by atoms with Crippen molar-refractivity contribution in [3.8, 4) is 5.88 Å². The number of ether oxygens (including phenoxy) is 1. The molecule has 1 amide bonds. The number of nitrogen functional groups attached to an aromatic ring is 1. The number of nitrogens with zero attached hydrogens (tertiary/aromatic N) is 3. The number of nitrogens with two attached hydrogens (primary N) is 2. The monoisotopic (exact) mass is 456 g/mol. The molecule has 3 aromatic heterocycles. The van der Waals surface area contributed by atoms with Crippen LogP contribution >= 0.6 is 11.3 Å². The van der Waals surface area contributed by atoms with E-state index in [9.17, 15) is 9.18 Å². The molecule has 0 bridgehead atoms. The number of hydrogen-bond acceptors (Lipinski definition) is 8. The van der Waals surface area contributed by atoms with Crippen molar-refractivity contribution in [2.24, 2.45) is 11.7 Å². The third kappa shape index (κ3) is 3.73. The van der Waals surface area contributed by atoms with E-state index in [0.29, 0.717) is 42.6 Å². The molecule has 5 N–H and O–H groups in total. The molecule has 5 heterocycles. The van der Waals surface area contributed by atoms with Crippen LogP contribution in [0, 0.1) is 12.8 Å². The fourth-order valence-electron chi connectivity index (χ4n) is 4.27. The van der Waals surface area contributed by atoms with Gasteiger partial charge in [-0.05, 0) is 31.2 Å². The first-order valence-corrected chi connectivity index (χ1v) is 11.4.